The minimum absolute atomic E-state index is 0.849. The summed E-state index contributed by atoms with van der Waals surface area (Å²) in [5.74, 6) is 0. The third-order valence-electron chi connectivity index (χ3n) is 4.02. The molecule has 102 valence electrons. The Hall–Kier alpha value is -1.03. The number of hydrogen-bond acceptors (Lipinski definition) is 2. The summed E-state index contributed by atoms with van der Waals surface area (Å²) in [5.41, 5.74) is 3.84. The lowest BCUT2D eigenvalue weighted by atomic mass is 10.1. The minimum Gasteiger partial charge on any atom is -0.350 e. The highest BCUT2D eigenvalue weighted by Crippen LogP contribution is 2.29. The molecule has 3 rings (SSSR count). The summed E-state index contributed by atoms with van der Waals surface area (Å²) in [6.45, 7) is 7.57. The summed E-state index contributed by atoms with van der Waals surface area (Å²) in [6.07, 6.45) is 2.25. The van der Waals surface area contributed by atoms with Crippen LogP contribution in [0.25, 0.3) is 10.9 Å². The van der Waals surface area contributed by atoms with Crippen molar-refractivity contribution in [2.75, 3.05) is 26.2 Å². The highest BCUT2D eigenvalue weighted by molar-refractivity contribution is 6.32. The normalized spacial score (nSPS) is 17.2. The number of piperazine rings is 1. The summed E-state index contributed by atoms with van der Waals surface area (Å²) in [7, 11) is 2.10. The second kappa shape index (κ2) is 5.16. The van der Waals surface area contributed by atoms with Crippen LogP contribution in [0, 0.1) is 6.92 Å². The van der Waals surface area contributed by atoms with Crippen molar-refractivity contribution in [3.05, 3.63) is 34.5 Å². The molecule has 0 aliphatic carbocycles. The number of aryl methyl sites for hydroxylation is 2. The average Bonchev–Trinajstić information content (AvgIpc) is 2.72. The van der Waals surface area contributed by atoms with E-state index in [1.54, 1.807) is 0 Å². The molecule has 1 aliphatic rings. The zero-order chi connectivity index (χ0) is 13.4. The molecular weight excluding hydrogens is 258 g/mol. The second-order valence-corrected chi connectivity index (χ2v) is 5.77. The molecule has 0 amide bonds. The topological polar surface area (TPSA) is 20.2 Å². The predicted octanol–water partition coefficient (Wildman–Crippen LogP) is 2.55. The number of hydrogen-bond donors (Lipinski definition) is 1. The third-order valence-corrected chi connectivity index (χ3v) is 4.43. The van der Waals surface area contributed by atoms with Crippen LogP contribution in [0.2, 0.25) is 5.02 Å². The lowest BCUT2D eigenvalue weighted by Gasteiger charge is -2.26. The molecular formula is C15H20ClN3. The Morgan fingerprint density at radius 3 is 2.74 bits per heavy atom. The van der Waals surface area contributed by atoms with Crippen molar-refractivity contribution in [2.24, 2.45) is 7.05 Å². The fraction of sp³-hybridized carbons (Fsp3) is 0.467. The van der Waals surface area contributed by atoms with Gasteiger partial charge in [-0.25, -0.2) is 0 Å². The van der Waals surface area contributed by atoms with Gasteiger partial charge in [0.25, 0.3) is 0 Å². The molecule has 2 heterocycles. The van der Waals surface area contributed by atoms with Gasteiger partial charge in [0.05, 0.1) is 5.52 Å². The van der Waals surface area contributed by atoms with Gasteiger partial charge in [-0.05, 0) is 24.1 Å². The first-order valence-electron chi connectivity index (χ1n) is 6.83. The first kappa shape index (κ1) is 13.0. The van der Waals surface area contributed by atoms with E-state index in [4.69, 9.17) is 11.6 Å². The van der Waals surface area contributed by atoms with E-state index in [1.807, 2.05) is 6.07 Å². The maximum atomic E-state index is 6.23. The van der Waals surface area contributed by atoms with Crippen LogP contribution in [0.4, 0.5) is 0 Å². The molecule has 19 heavy (non-hydrogen) atoms. The van der Waals surface area contributed by atoms with Gasteiger partial charge in [0.15, 0.2) is 0 Å². The van der Waals surface area contributed by atoms with Crippen LogP contribution in [-0.2, 0) is 13.6 Å². The highest BCUT2D eigenvalue weighted by atomic mass is 35.5. The molecule has 3 nitrogen and oxygen atoms in total. The number of halogens is 1. The molecule has 0 saturated carbocycles. The molecule has 0 bridgehead atoms. The summed E-state index contributed by atoms with van der Waals surface area (Å²) < 4.78 is 2.20. The molecule has 0 unspecified atom stereocenters. The van der Waals surface area contributed by atoms with E-state index in [0.29, 0.717) is 0 Å². The Bertz CT molecular complexity index is 597. The quantitative estimate of drug-likeness (QED) is 0.910. The molecule has 1 fully saturated rings. The lowest BCUT2D eigenvalue weighted by molar-refractivity contribution is 0.234. The van der Waals surface area contributed by atoms with Gasteiger partial charge in [0.2, 0.25) is 0 Å². The Labute approximate surface area is 119 Å². The molecule has 1 N–H and O–H groups in total. The summed E-state index contributed by atoms with van der Waals surface area (Å²) in [5, 5.41) is 5.58. The van der Waals surface area contributed by atoms with E-state index < -0.39 is 0 Å². The van der Waals surface area contributed by atoms with E-state index in [2.05, 4.69) is 41.0 Å². The number of nitrogens with one attached hydrogen (secondary N) is 1. The van der Waals surface area contributed by atoms with Gasteiger partial charge in [0, 0.05) is 56.4 Å². The maximum Gasteiger partial charge on any atom is 0.0525 e. The summed E-state index contributed by atoms with van der Waals surface area (Å²) in [6, 6.07) is 4.17. The Morgan fingerprint density at radius 1 is 1.26 bits per heavy atom. The van der Waals surface area contributed by atoms with Gasteiger partial charge >= 0.3 is 0 Å². The zero-order valence-corrected chi connectivity index (χ0v) is 12.3. The van der Waals surface area contributed by atoms with Crippen molar-refractivity contribution in [1.29, 1.82) is 0 Å². The van der Waals surface area contributed by atoms with Crippen molar-refractivity contribution < 1.29 is 0 Å². The molecule has 0 radical (unpaired) electrons. The largest absolute Gasteiger partial charge is 0.350 e. The summed E-state index contributed by atoms with van der Waals surface area (Å²) in [4.78, 5) is 2.51. The minimum atomic E-state index is 0.849. The van der Waals surface area contributed by atoms with Crippen LogP contribution in [-0.4, -0.2) is 35.6 Å². The van der Waals surface area contributed by atoms with E-state index in [0.717, 1.165) is 37.7 Å². The van der Waals surface area contributed by atoms with E-state index in [9.17, 15) is 0 Å². The number of nitrogens with zero attached hydrogens (tertiary/aromatic N) is 2. The Morgan fingerprint density at radius 2 is 2.00 bits per heavy atom. The SMILES string of the molecule is Cc1c(Cl)ccc2c(CN3CCNCC3)cn(C)c12. The number of aromatic nitrogens is 1. The van der Waals surface area contributed by atoms with Gasteiger partial charge < -0.3 is 9.88 Å². The van der Waals surface area contributed by atoms with Crippen molar-refractivity contribution in [3.63, 3.8) is 0 Å². The standard InChI is InChI=1S/C15H20ClN3/c1-11-14(16)4-3-13-12(9-18(2)15(11)13)10-19-7-5-17-6-8-19/h3-4,9,17H,5-8,10H2,1-2H3. The highest BCUT2D eigenvalue weighted by Gasteiger charge is 2.15. The summed E-state index contributed by atoms with van der Waals surface area (Å²) >= 11 is 6.23. The maximum absolute atomic E-state index is 6.23. The average molecular weight is 278 g/mol. The number of fused-ring (bicyclic) bond motifs is 1. The Balaban J connectivity index is 1.98. The lowest BCUT2D eigenvalue weighted by Crippen LogP contribution is -2.42. The van der Waals surface area contributed by atoms with Crippen LogP contribution in [0.3, 0.4) is 0 Å². The second-order valence-electron chi connectivity index (χ2n) is 5.36. The number of benzene rings is 1. The molecule has 1 aromatic heterocycles. The van der Waals surface area contributed by atoms with Gasteiger partial charge in [-0.1, -0.05) is 17.7 Å². The molecule has 1 saturated heterocycles. The monoisotopic (exact) mass is 277 g/mol. The molecule has 1 aromatic carbocycles. The van der Waals surface area contributed by atoms with Gasteiger partial charge in [-0.2, -0.15) is 0 Å². The smallest absolute Gasteiger partial charge is 0.0525 e. The van der Waals surface area contributed by atoms with Crippen LogP contribution in [0.15, 0.2) is 18.3 Å². The van der Waals surface area contributed by atoms with Crippen LogP contribution in [0.5, 0.6) is 0 Å². The fourth-order valence-corrected chi connectivity index (χ4v) is 3.15. The molecule has 1 aliphatic heterocycles. The number of rotatable bonds is 2. The van der Waals surface area contributed by atoms with Crippen molar-refractivity contribution >= 4 is 22.5 Å². The molecule has 4 heteroatoms. The van der Waals surface area contributed by atoms with E-state index in [1.165, 1.54) is 22.0 Å². The van der Waals surface area contributed by atoms with Gasteiger partial charge in [-0.3, -0.25) is 4.90 Å². The van der Waals surface area contributed by atoms with Crippen LogP contribution >= 0.6 is 11.6 Å². The molecule has 0 atom stereocenters. The van der Waals surface area contributed by atoms with Gasteiger partial charge in [-0.15, -0.1) is 0 Å². The molecule has 2 aromatic rings. The van der Waals surface area contributed by atoms with Crippen LogP contribution < -0.4 is 5.32 Å². The van der Waals surface area contributed by atoms with Crippen LogP contribution in [0.1, 0.15) is 11.1 Å². The fourth-order valence-electron chi connectivity index (χ4n) is 2.99. The van der Waals surface area contributed by atoms with Crippen molar-refractivity contribution in [1.82, 2.24) is 14.8 Å². The third kappa shape index (κ3) is 2.38. The molecule has 0 spiro atoms. The first-order valence-corrected chi connectivity index (χ1v) is 7.20. The first-order chi connectivity index (χ1) is 9.16. The predicted molar refractivity (Wildman–Crippen MR) is 80.8 cm³/mol. The van der Waals surface area contributed by atoms with Gasteiger partial charge in [0.1, 0.15) is 0 Å². The van der Waals surface area contributed by atoms with E-state index >= 15 is 0 Å². The van der Waals surface area contributed by atoms with E-state index in [-0.39, 0.29) is 0 Å². The van der Waals surface area contributed by atoms with Crippen molar-refractivity contribution in [3.8, 4) is 0 Å². The van der Waals surface area contributed by atoms with Crippen molar-refractivity contribution in [2.45, 2.75) is 13.5 Å². The Kier molecular flexibility index (Phi) is 3.52. The zero-order valence-electron chi connectivity index (χ0n) is 11.5.